The van der Waals surface area contributed by atoms with Crippen LogP contribution in [0.2, 0.25) is 0 Å². The number of rotatable bonds is 3. The first kappa shape index (κ1) is 9.21. The van der Waals surface area contributed by atoms with Crippen LogP contribution in [0.15, 0.2) is 18.0 Å². The van der Waals surface area contributed by atoms with Gasteiger partial charge in [0.25, 0.3) is 0 Å². The van der Waals surface area contributed by atoms with Gasteiger partial charge in [-0.2, -0.15) is 15.0 Å². The van der Waals surface area contributed by atoms with E-state index in [1.54, 1.807) is 18.0 Å². The Labute approximate surface area is 82.7 Å². The van der Waals surface area contributed by atoms with Gasteiger partial charge in [0.05, 0.1) is 12.8 Å². The van der Waals surface area contributed by atoms with Crippen LogP contribution in [0.3, 0.4) is 0 Å². The molecule has 0 saturated heterocycles. The smallest absolute Gasteiger partial charge is 0.115 e. The summed E-state index contributed by atoms with van der Waals surface area (Å²) in [7, 11) is 3.70. The molecule has 2 rings (SSSR count). The molecule has 2 heterocycles. The highest BCUT2D eigenvalue weighted by Crippen LogP contribution is 2.23. The number of ether oxygens (including phenoxy) is 1. The van der Waals surface area contributed by atoms with E-state index in [0.717, 1.165) is 24.5 Å². The molecule has 1 aromatic rings. The van der Waals surface area contributed by atoms with Gasteiger partial charge in [-0.1, -0.05) is 0 Å². The Balaban J connectivity index is 2.20. The Morgan fingerprint density at radius 2 is 2.50 bits per heavy atom. The maximum Gasteiger partial charge on any atom is 0.115 e. The first-order chi connectivity index (χ1) is 6.81. The molecule has 0 aliphatic carbocycles. The minimum atomic E-state index is 0.0335. The lowest BCUT2D eigenvalue weighted by molar-refractivity contribution is 0.216. The van der Waals surface area contributed by atoms with Crippen molar-refractivity contribution in [3.63, 3.8) is 0 Å². The number of hydrogen-bond acceptors (Lipinski definition) is 4. The van der Waals surface area contributed by atoms with E-state index >= 15 is 0 Å². The predicted octanol–water partition coefficient (Wildman–Crippen LogP) is 0.380. The summed E-state index contributed by atoms with van der Waals surface area (Å²) in [4.78, 5) is 1.55. The van der Waals surface area contributed by atoms with Crippen molar-refractivity contribution in [2.45, 2.75) is 12.5 Å². The van der Waals surface area contributed by atoms with Crippen molar-refractivity contribution in [3.8, 4) is 0 Å². The quantitative estimate of drug-likeness (QED) is 0.755. The van der Waals surface area contributed by atoms with Crippen LogP contribution < -0.4 is 5.32 Å². The molecule has 76 valence electrons. The first-order valence-electron chi connectivity index (χ1n) is 4.67. The Hall–Kier alpha value is -1.36. The van der Waals surface area contributed by atoms with Gasteiger partial charge in [0.2, 0.25) is 0 Å². The number of nitrogens with one attached hydrogen (secondary N) is 1. The van der Waals surface area contributed by atoms with Crippen LogP contribution in [0.4, 0.5) is 0 Å². The molecule has 5 heteroatoms. The minimum absolute atomic E-state index is 0.0335. The second-order valence-electron chi connectivity index (χ2n) is 3.22. The lowest BCUT2D eigenvalue weighted by Gasteiger charge is -2.14. The highest BCUT2D eigenvalue weighted by molar-refractivity contribution is 5.17. The van der Waals surface area contributed by atoms with Gasteiger partial charge >= 0.3 is 0 Å². The summed E-state index contributed by atoms with van der Waals surface area (Å²) in [6, 6.07) is 0.0335. The largest absolute Gasteiger partial charge is 0.496 e. The topological polar surface area (TPSA) is 52.0 Å². The third kappa shape index (κ3) is 1.63. The maximum atomic E-state index is 5.49. The Kier molecular flexibility index (Phi) is 2.49. The first-order valence-corrected chi connectivity index (χ1v) is 4.67. The second kappa shape index (κ2) is 3.79. The molecule has 0 fully saturated rings. The molecule has 1 N–H and O–H groups in total. The number of aromatic nitrogens is 3. The Morgan fingerprint density at radius 1 is 1.64 bits per heavy atom. The second-order valence-corrected chi connectivity index (χ2v) is 3.22. The molecule has 0 amide bonds. The molecule has 1 aliphatic rings. The number of likely N-dealkylation sites (N-methyl/N-ethyl adjacent to an activating group) is 1. The van der Waals surface area contributed by atoms with Crippen molar-refractivity contribution in [3.05, 3.63) is 23.7 Å². The summed E-state index contributed by atoms with van der Waals surface area (Å²) in [5.41, 5.74) is 0.892. The summed E-state index contributed by atoms with van der Waals surface area (Å²) < 4.78 is 5.49. The highest BCUT2D eigenvalue weighted by atomic mass is 16.5. The molecule has 14 heavy (non-hydrogen) atoms. The van der Waals surface area contributed by atoms with Crippen molar-refractivity contribution in [2.24, 2.45) is 7.05 Å². The molecule has 1 atom stereocenters. The van der Waals surface area contributed by atoms with Crippen LogP contribution in [0.25, 0.3) is 0 Å². The van der Waals surface area contributed by atoms with Crippen LogP contribution in [0.1, 0.15) is 18.2 Å². The zero-order valence-electron chi connectivity index (χ0n) is 8.40. The van der Waals surface area contributed by atoms with Crippen molar-refractivity contribution in [1.29, 1.82) is 0 Å². The van der Waals surface area contributed by atoms with Crippen LogP contribution in [-0.4, -0.2) is 28.6 Å². The zero-order valence-corrected chi connectivity index (χ0v) is 8.40. The van der Waals surface area contributed by atoms with Gasteiger partial charge in [0, 0.05) is 13.5 Å². The van der Waals surface area contributed by atoms with E-state index in [2.05, 4.69) is 21.6 Å². The van der Waals surface area contributed by atoms with Crippen LogP contribution in [0, 0.1) is 0 Å². The van der Waals surface area contributed by atoms with E-state index in [-0.39, 0.29) is 6.04 Å². The monoisotopic (exact) mass is 194 g/mol. The van der Waals surface area contributed by atoms with E-state index < -0.39 is 0 Å². The molecular formula is C9H14N4O. The van der Waals surface area contributed by atoms with E-state index in [4.69, 9.17) is 4.74 Å². The van der Waals surface area contributed by atoms with Crippen LogP contribution in [-0.2, 0) is 11.8 Å². The van der Waals surface area contributed by atoms with Gasteiger partial charge in [0.15, 0.2) is 0 Å². The molecule has 0 aromatic carbocycles. The van der Waals surface area contributed by atoms with Gasteiger partial charge in [-0.25, -0.2) is 0 Å². The lowest BCUT2D eigenvalue weighted by Crippen LogP contribution is -2.19. The van der Waals surface area contributed by atoms with Crippen LogP contribution >= 0.6 is 0 Å². The fourth-order valence-corrected chi connectivity index (χ4v) is 1.57. The van der Waals surface area contributed by atoms with Crippen molar-refractivity contribution < 1.29 is 4.74 Å². The Morgan fingerprint density at radius 3 is 3.00 bits per heavy atom. The summed E-state index contributed by atoms with van der Waals surface area (Å²) in [5, 5.41) is 11.5. The molecular weight excluding hydrogens is 180 g/mol. The van der Waals surface area contributed by atoms with Crippen LogP contribution in [0.5, 0.6) is 0 Å². The van der Waals surface area contributed by atoms with Crippen molar-refractivity contribution in [2.75, 3.05) is 13.7 Å². The van der Waals surface area contributed by atoms with E-state index in [1.807, 2.05) is 7.05 Å². The predicted molar refractivity (Wildman–Crippen MR) is 51.5 cm³/mol. The molecule has 0 saturated carbocycles. The third-order valence-corrected chi connectivity index (χ3v) is 2.22. The third-order valence-electron chi connectivity index (χ3n) is 2.22. The normalized spacial score (nSPS) is 17.7. The van der Waals surface area contributed by atoms with Crippen molar-refractivity contribution >= 4 is 0 Å². The fourth-order valence-electron chi connectivity index (χ4n) is 1.57. The average molecular weight is 194 g/mol. The van der Waals surface area contributed by atoms with Gasteiger partial charge in [-0.15, -0.1) is 0 Å². The van der Waals surface area contributed by atoms with Gasteiger partial charge in [0.1, 0.15) is 17.5 Å². The van der Waals surface area contributed by atoms with E-state index in [1.165, 1.54) is 0 Å². The highest BCUT2D eigenvalue weighted by Gasteiger charge is 2.21. The van der Waals surface area contributed by atoms with Crippen molar-refractivity contribution in [1.82, 2.24) is 20.3 Å². The standard InChI is InChI=1S/C9H14N4O/c1-10-9(8-4-3-5-14-8)7-6-11-13(2)12-7/h4,6,9-10H,3,5H2,1-2H3. The Bertz CT molecular complexity index is 344. The summed E-state index contributed by atoms with van der Waals surface area (Å²) >= 11 is 0. The van der Waals surface area contributed by atoms with Gasteiger partial charge in [-0.3, -0.25) is 0 Å². The molecule has 0 spiro atoms. The summed E-state index contributed by atoms with van der Waals surface area (Å²) in [5.74, 6) is 0.952. The number of hydrogen-bond donors (Lipinski definition) is 1. The number of nitrogens with zero attached hydrogens (tertiary/aromatic N) is 3. The lowest BCUT2D eigenvalue weighted by atomic mass is 10.2. The van der Waals surface area contributed by atoms with E-state index in [9.17, 15) is 0 Å². The summed E-state index contributed by atoms with van der Waals surface area (Å²) in [6.45, 7) is 0.772. The summed E-state index contributed by atoms with van der Waals surface area (Å²) in [6.07, 6.45) is 4.83. The van der Waals surface area contributed by atoms with E-state index in [0.29, 0.717) is 0 Å². The molecule has 1 aromatic heterocycles. The molecule has 1 aliphatic heterocycles. The average Bonchev–Trinajstić information content (AvgIpc) is 2.79. The maximum absolute atomic E-state index is 5.49. The SMILES string of the molecule is CNC(C1=CCCO1)c1cnn(C)n1. The number of aryl methyl sites for hydroxylation is 1. The van der Waals surface area contributed by atoms with Gasteiger partial charge < -0.3 is 10.1 Å². The zero-order chi connectivity index (χ0) is 9.97. The fraction of sp³-hybridized carbons (Fsp3) is 0.556. The molecule has 0 radical (unpaired) electrons. The van der Waals surface area contributed by atoms with Gasteiger partial charge in [-0.05, 0) is 13.1 Å². The molecule has 5 nitrogen and oxygen atoms in total. The minimum Gasteiger partial charge on any atom is -0.496 e. The molecule has 0 bridgehead atoms. The molecule has 1 unspecified atom stereocenters.